The molecule has 0 bridgehead atoms. The topological polar surface area (TPSA) is 147 Å². The van der Waals surface area contributed by atoms with Crippen molar-refractivity contribution in [3.05, 3.63) is 68.9 Å². The lowest BCUT2D eigenvalue weighted by Gasteiger charge is -2.07. The van der Waals surface area contributed by atoms with Crippen LogP contribution in [-0.2, 0) is 21.0 Å². The van der Waals surface area contributed by atoms with Crippen molar-refractivity contribution in [1.82, 2.24) is 9.78 Å². The van der Waals surface area contributed by atoms with Gasteiger partial charge in [0.1, 0.15) is 4.90 Å². The van der Waals surface area contributed by atoms with Crippen LogP contribution in [0.3, 0.4) is 0 Å². The van der Waals surface area contributed by atoms with Crippen LogP contribution in [0.15, 0.2) is 53.6 Å². The Labute approximate surface area is 145 Å². The van der Waals surface area contributed by atoms with Crippen LogP contribution in [0.25, 0.3) is 10.9 Å². The van der Waals surface area contributed by atoms with E-state index < -0.39 is 32.4 Å². The molecule has 0 aliphatic heterocycles. The van der Waals surface area contributed by atoms with E-state index in [0.717, 1.165) is 22.9 Å². The molecule has 0 aliphatic rings. The molecule has 0 fully saturated rings. The summed E-state index contributed by atoms with van der Waals surface area (Å²) in [5, 5.41) is 26.1. The van der Waals surface area contributed by atoms with E-state index in [0.29, 0.717) is 10.9 Å². The van der Waals surface area contributed by atoms with Gasteiger partial charge in [-0.3, -0.25) is 20.2 Å². The van der Waals surface area contributed by atoms with E-state index in [1.807, 2.05) is 0 Å². The molecule has 134 valence electrons. The Morgan fingerprint density at radius 1 is 1.04 bits per heavy atom. The molecule has 0 aliphatic carbocycles. The maximum Gasteiger partial charge on any atom is 0.299 e. The third-order valence-electron chi connectivity index (χ3n) is 3.49. The molecule has 0 saturated heterocycles. The quantitative estimate of drug-likeness (QED) is 0.360. The van der Waals surface area contributed by atoms with Gasteiger partial charge in [-0.25, -0.2) is 8.86 Å². The summed E-state index contributed by atoms with van der Waals surface area (Å²) in [5.41, 5.74) is -0.260. The maximum atomic E-state index is 12.2. The molecule has 3 rings (SSSR count). The highest BCUT2D eigenvalue weighted by Gasteiger charge is 2.20. The SMILES string of the molecule is O=[N+]([O-])c1cccc(S(=O)(=O)OCn2ncc3ccc([N+](=O)[O-])cc32)c1. The van der Waals surface area contributed by atoms with Gasteiger partial charge in [-0.2, -0.15) is 13.5 Å². The molecule has 1 aromatic heterocycles. The molecule has 0 amide bonds. The van der Waals surface area contributed by atoms with Gasteiger partial charge >= 0.3 is 0 Å². The minimum atomic E-state index is -4.29. The second-order valence-electron chi connectivity index (χ2n) is 5.10. The first kappa shape index (κ1) is 17.4. The summed E-state index contributed by atoms with van der Waals surface area (Å²) in [5.74, 6) is 0. The first-order valence-corrected chi connectivity index (χ1v) is 8.42. The van der Waals surface area contributed by atoms with Gasteiger partial charge in [-0.1, -0.05) is 6.07 Å². The summed E-state index contributed by atoms with van der Waals surface area (Å²) >= 11 is 0. The Balaban J connectivity index is 1.87. The Hall–Kier alpha value is -3.38. The number of aromatic nitrogens is 2. The van der Waals surface area contributed by atoms with Crippen molar-refractivity contribution >= 4 is 32.4 Å². The van der Waals surface area contributed by atoms with Crippen molar-refractivity contribution in [2.24, 2.45) is 0 Å². The summed E-state index contributed by atoms with van der Waals surface area (Å²) in [4.78, 5) is 19.9. The molecule has 0 spiro atoms. The van der Waals surface area contributed by atoms with Crippen LogP contribution in [0.1, 0.15) is 0 Å². The van der Waals surface area contributed by atoms with Gasteiger partial charge in [0.15, 0.2) is 6.73 Å². The van der Waals surface area contributed by atoms with Gasteiger partial charge in [-0.15, -0.1) is 0 Å². The summed E-state index contributed by atoms with van der Waals surface area (Å²) in [6.07, 6.45) is 1.41. The van der Waals surface area contributed by atoms with Crippen molar-refractivity contribution in [2.45, 2.75) is 11.6 Å². The fourth-order valence-electron chi connectivity index (χ4n) is 2.22. The average molecular weight is 378 g/mol. The van der Waals surface area contributed by atoms with Crippen LogP contribution < -0.4 is 0 Å². The molecule has 0 unspecified atom stereocenters. The normalized spacial score (nSPS) is 11.5. The Kier molecular flexibility index (Phi) is 4.36. The zero-order valence-corrected chi connectivity index (χ0v) is 13.7. The van der Waals surface area contributed by atoms with Crippen LogP contribution in [0.4, 0.5) is 11.4 Å². The van der Waals surface area contributed by atoms with Gasteiger partial charge in [0, 0.05) is 29.7 Å². The first-order valence-electron chi connectivity index (χ1n) is 7.02. The average Bonchev–Trinajstić information content (AvgIpc) is 3.02. The third kappa shape index (κ3) is 3.36. The smallest absolute Gasteiger partial charge is 0.258 e. The molecule has 0 saturated carbocycles. The summed E-state index contributed by atoms with van der Waals surface area (Å²) in [6, 6.07) is 8.43. The van der Waals surface area contributed by atoms with Crippen molar-refractivity contribution in [3.8, 4) is 0 Å². The number of fused-ring (bicyclic) bond motifs is 1. The Morgan fingerprint density at radius 3 is 2.42 bits per heavy atom. The summed E-state index contributed by atoms with van der Waals surface area (Å²) in [6.45, 7) is -0.546. The lowest BCUT2D eigenvalue weighted by Crippen LogP contribution is -2.11. The second kappa shape index (κ2) is 6.50. The predicted molar refractivity (Wildman–Crippen MR) is 87.8 cm³/mol. The molecule has 3 aromatic rings. The van der Waals surface area contributed by atoms with Gasteiger partial charge in [-0.05, 0) is 12.1 Å². The fraction of sp³-hybridized carbons (Fsp3) is 0.0714. The lowest BCUT2D eigenvalue weighted by molar-refractivity contribution is -0.385. The zero-order chi connectivity index (χ0) is 18.9. The lowest BCUT2D eigenvalue weighted by atomic mass is 10.2. The number of benzene rings is 2. The summed E-state index contributed by atoms with van der Waals surface area (Å²) in [7, 11) is -4.29. The molecule has 0 N–H and O–H groups in total. The molecular weight excluding hydrogens is 368 g/mol. The number of nitro groups is 2. The number of hydrogen-bond acceptors (Lipinski definition) is 8. The van der Waals surface area contributed by atoms with E-state index in [1.165, 1.54) is 30.5 Å². The van der Waals surface area contributed by atoms with E-state index in [9.17, 15) is 28.6 Å². The van der Waals surface area contributed by atoms with Crippen LogP contribution >= 0.6 is 0 Å². The standard InChI is InChI=1S/C14H10N4O7S/c19-17(20)11-2-1-3-13(6-11)26(23,24)25-9-16-14-7-12(18(21)22)5-4-10(14)8-15-16/h1-8H,9H2. The molecule has 26 heavy (non-hydrogen) atoms. The van der Waals surface area contributed by atoms with Gasteiger partial charge in [0.2, 0.25) is 0 Å². The fourth-order valence-corrected chi connectivity index (χ4v) is 3.10. The summed E-state index contributed by atoms with van der Waals surface area (Å²) < 4.78 is 30.5. The van der Waals surface area contributed by atoms with E-state index >= 15 is 0 Å². The number of non-ortho nitro benzene ring substituents is 2. The van der Waals surface area contributed by atoms with Crippen molar-refractivity contribution in [3.63, 3.8) is 0 Å². The minimum Gasteiger partial charge on any atom is -0.258 e. The van der Waals surface area contributed by atoms with Crippen LogP contribution in [-0.4, -0.2) is 28.0 Å². The molecule has 1 heterocycles. The van der Waals surface area contributed by atoms with Gasteiger partial charge in [0.05, 0.1) is 21.6 Å². The number of hydrogen-bond donors (Lipinski definition) is 0. The molecule has 0 radical (unpaired) electrons. The van der Waals surface area contributed by atoms with E-state index in [-0.39, 0.29) is 10.6 Å². The van der Waals surface area contributed by atoms with Crippen LogP contribution in [0.2, 0.25) is 0 Å². The highest BCUT2D eigenvalue weighted by molar-refractivity contribution is 7.86. The number of rotatable bonds is 6. The van der Waals surface area contributed by atoms with Crippen LogP contribution in [0, 0.1) is 20.2 Å². The van der Waals surface area contributed by atoms with E-state index in [1.54, 1.807) is 0 Å². The van der Waals surface area contributed by atoms with Crippen molar-refractivity contribution in [1.29, 1.82) is 0 Å². The van der Waals surface area contributed by atoms with Crippen molar-refractivity contribution in [2.75, 3.05) is 0 Å². The maximum absolute atomic E-state index is 12.2. The second-order valence-corrected chi connectivity index (χ2v) is 6.72. The van der Waals surface area contributed by atoms with E-state index in [4.69, 9.17) is 4.18 Å². The van der Waals surface area contributed by atoms with Crippen molar-refractivity contribution < 1.29 is 22.4 Å². The highest BCUT2D eigenvalue weighted by Crippen LogP contribution is 2.22. The monoisotopic (exact) mass is 378 g/mol. The Bertz CT molecular complexity index is 1120. The number of nitrogens with zero attached hydrogens (tertiary/aromatic N) is 4. The number of nitro benzene ring substituents is 2. The molecular formula is C14H10N4O7S. The zero-order valence-electron chi connectivity index (χ0n) is 12.9. The first-order chi connectivity index (χ1) is 12.3. The third-order valence-corrected chi connectivity index (χ3v) is 4.73. The van der Waals surface area contributed by atoms with Gasteiger partial charge in [0.25, 0.3) is 21.5 Å². The van der Waals surface area contributed by atoms with Crippen LogP contribution in [0.5, 0.6) is 0 Å². The molecule has 2 aromatic carbocycles. The molecule has 11 nitrogen and oxygen atoms in total. The Morgan fingerprint density at radius 2 is 1.73 bits per heavy atom. The highest BCUT2D eigenvalue weighted by atomic mass is 32.2. The predicted octanol–water partition coefficient (Wildman–Crippen LogP) is 2.22. The minimum absolute atomic E-state index is 0.180. The molecule has 12 heteroatoms. The largest absolute Gasteiger partial charge is 0.299 e. The molecule has 0 atom stereocenters. The van der Waals surface area contributed by atoms with Gasteiger partial charge < -0.3 is 0 Å². The van der Waals surface area contributed by atoms with E-state index in [2.05, 4.69) is 5.10 Å².